The third-order valence-electron chi connectivity index (χ3n) is 5.60. The number of likely N-dealkylation sites (N-methyl/N-ethyl adjacent to an activating group) is 1. The molecule has 31 heavy (non-hydrogen) atoms. The molecule has 1 saturated heterocycles. The van der Waals surface area contributed by atoms with Gasteiger partial charge in [-0.05, 0) is 42.3 Å². The van der Waals surface area contributed by atoms with Crippen LogP contribution in [0.5, 0.6) is 0 Å². The van der Waals surface area contributed by atoms with E-state index in [1.807, 2.05) is 26.0 Å². The summed E-state index contributed by atoms with van der Waals surface area (Å²) in [6, 6.07) is 15.3. The van der Waals surface area contributed by atoms with Gasteiger partial charge in [0.05, 0.1) is 6.54 Å². The highest BCUT2D eigenvalue weighted by molar-refractivity contribution is 6.30. The van der Waals surface area contributed by atoms with Gasteiger partial charge in [0.1, 0.15) is 0 Å². The van der Waals surface area contributed by atoms with Gasteiger partial charge in [0.15, 0.2) is 0 Å². The van der Waals surface area contributed by atoms with E-state index in [0.717, 1.165) is 24.2 Å². The van der Waals surface area contributed by atoms with E-state index in [-0.39, 0.29) is 11.8 Å². The lowest BCUT2D eigenvalue weighted by atomic mass is 10.2. The molecule has 0 radical (unpaired) electrons. The van der Waals surface area contributed by atoms with Crippen molar-refractivity contribution in [2.75, 3.05) is 58.8 Å². The predicted molar refractivity (Wildman–Crippen MR) is 126 cm³/mol. The molecule has 0 unspecified atom stereocenters. The molecule has 166 valence electrons. The third-order valence-corrected chi connectivity index (χ3v) is 5.84. The number of hydrogen-bond donors (Lipinski definition) is 0. The summed E-state index contributed by atoms with van der Waals surface area (Å²) in [5.74, 6) is 0.0836. The Morgan fingerprint density at radius 2 is 1.71 bits per heavy atom. The number of benzene rings is 2. The van der Waals surface area contributed by atoms with E-state index in [0.29, 0.717) is 43.3 Å². The second-order valence-corrected chi connectivity index (χ2v) is 8.68. The van der Waals surface area contributed by atoms with Crippen LogP contribution in [0.1, 0.15) is 22.3 Å². The molecule has 0 N–H and O–H groups in total. The van der Waals surface area contributed by atoms with Gasteiger partial charge in [-0.2, -0.15) is 0 Å². The number of halogens is 1. The topological polar surface area (TPSA) is 47.1 Å². The zero-order valence-electron chi connectivity index (χ0n) is 18.6. The van der Waals surface area contributed by atoms with Crippen LogP contribution in [0.4, 0.5) is 5.69 Å². The van der Waals surface area contributed by atoms with Crippen LogP contribution in [0.3, 0.4) is 0 Å². The zero-order chi connectivity index (χ0) is 22.4. The highest BCUT2D eigenvalue weighted by Crippen LogP contribution is 2.15. The first-order valence-corrected chi connectivity index (χ1v) is 11.0. The zero-order valence-corrected chi connectivity index (χ0v) is 19.3. The summed E-state index contributed by atoms with van der Waals surface area (Å²) in [4.78, 5) is 33.4. The average Bonchev–Trinajstić information content (AvgIpc) is 2.99. The molecule has 0 spiro atoms. The first-order valence-electron chi connectivity index (χ1n) is 10.6. The standard InChI is InChI=1S/C24H31ClN4O2/c1-26(2)22-10-8-19(9-11-22)17-27(3)23(30)18-28-12-5-13-29(15-14-28)24(31)20-6-4-7-21(25)16-20/h4,6-11,16H,5,12-15,17-18H2,1-3H3. The molecule has 7 heteroatoms. The molecule has 1 aliphatic heterocycles. The fourth-order valence-corrected chi connectivity index (χ4v) is 3.90. The molecule has 0 atom stereocenters. The van der Waals surface area contributed by atoms with Crippen molar-refractivity contribution in [3.8, 4) is 0 Å². The van der Waals surface area contributed by atoms with Crippen molar-refractivity contribution in [1.82, 2.24) is 14.7 Å². The smallest absolute Gasteiger partial charge is 0.253 e. The Kier molecular flexibility index (Phi) is 7.93. The van der Waals surface area contributed by atoms with Gasteiger partial charge in [0.25, 0.3) is 5.91 Å². The summed E-state index contributed by atoms with van der Waals surface area (Å²) in [6.07, 6.45) is 0.843. The molecular weight excluding hydrogens is 412 g/mol. The van der Waals surface area contributed by atoms with Crippen LogP contribution in [0, 0.1) is 0 Å². The van der Waals surface area contributed by atoms with Crippen LogP contribution in [0.2, 0.25) is 5.02 Å². The molecule has 2 aromatic carbocycles. The van der Waals surface area contributed by atoms with Crippen LogP contribution in [-0.4, -0.2) is 80.4 Å². The van der Waals surface area contributed by atoms with Crippen molar-refractivity contribution in [2.45, 2.75) is 13.0 Å². The minimum absolute atomic E-state index is 0.00559. The van der Waals surface area contributed by atoms with Gasteiger partial charge in [-0.25, -0.2) is 0 Å². The summed E-state index contributed by atoms with van der Waals surface area (Å²) in [7, 11) is 5.86. The van der Waals surface area contributed by atoms with Crippen molar-refractivity contribution in [3.63, 3.8) is 0 Å². The Hall–Kier alpha value is -2.57. The molecule has 1 aliphatic rings. The molecule has 0 saturated carbocycles. The van der Waals surface area contributed by atoms with E-state index in [4.69, 9.17) is 11.6 Å². The highest BCUT2D eigenvalue weighted by atomic mass is 35.5. The number of carbonyl (C=O) groups is 2. The highest BCUT2D eigenvalue weighted by Gasteiger charge is 2.22. The Labute approximate surface area is 190 Å². The first kappa shape index (κ1) is 23.1. The normalized spacial score (nSPS) is 14.8. The minimum atomic E-state index is -0.00559. The van der Waals surface area contributed by atoms with Crippen LogP contribution < -0.4 is 4.90 Å². The van der Waals surface area contributed by atoms with Crippen LogP contribution in [-0.2, 0) is 11.3 Å². The fraction of sp³-hybridized carbons (Fsp3) is 0.417. The Morgan fingerprint density at radius 1 is 0.968 bits per heavy atom. The minimum Gasteiger partial charge on any atom is -0.378 e. The van der Waals surface area contributed by atoms with Gasteiger partial charge in [-0.3, -0.25) is 14.5 Å². The van der Waals surface area contributed by atoms with Gasteiger partial charge in [-0.1, -0.05) is 29.8 Å². The van der Waals surface area contributed by atoms with Gasteiger partial charge >= 0.3 is 0 Å². The summed E-state index contributed by atoms with van der Waals surface area (Å²) >= 11 is 6.03. The van der Waals surface area contributed by atoms with Crippen molar-refractivity contribution in [1.29, 1.82) is 0 Å². The Morgan fingerprint density at radius 3 is 2.39 bits per heavy atom. The second-order valence-electron chi connectivity index (χ2n) is 8.24. The van der Waals surface area contributed by atoms with E-state index in [1.165, 1.54) is 0 Å². The van der Waals surface area contributed by atoms with E-state index in [1.54, 1.807) is 29.2 Å². The van der Waals surface area contributed by atoms with Crippen molar-refractivity contribution in [3.05, 3.63) is 64.7 Å². The quantitative estimate of drug-likeness (QED) is 0.689. The lowest BCUT2D eigenvalue weighted by Gasteiger charge is -2.24. The van der Waals surface area contributed by atoms with Crippen LogP contribution >= 0.6 is 11.6 Å². The van der Waals surface area contributed by atoms with E-state index in [2.05, 4.69) is 34.1 Å². The molecule has 0 aromatic heterocycles. The Bertz CT molecular complexity index is 901. The van der Waals surface area contributed by atoms with E-state index < -0.39 is 0 Å². The average molecular weight is 443 g/mol. The van der Waals surface area contributed by atoms with E-state index in [9.17, 15) is 9.59 Å². The fourth-order valence-electron chi connectivity index (χ4n) is 3.71. The molecule has 0 bridgehead atoms. The van der Waals surface area contributed by atoms with Crippen LogP contribution in [0.15, 0.2) is 48.5 Å². The van der Waals surface area contributed by atoms with Gasteiger partial charge in [0.2, 0.25) is 5.91 Å². The maximum atomic E-state index is 12.8. The van der Waals surface area contributed by atoms with Crippen LogP contribution in [0.25, 0.3) is 0 Å². The summed E-state index contributed by atoms with van der Waals surface area (Å²) in [5, 5.41) is 0.562. The summed E-state index contributed by atoms with van der Waals surface area (Å²) in [6.45, 7) is 3.73. The largest absolute Gasteiger partial charge is 0.378 e. The molecule has 1 fully saturated rings. The number of nitrogens with zero attached hydrogens (tertiary/aromatic N) is 4. The second kappa shape index (κ2) is 10.6. The molecule has 0 aliphatic carbocycles. The number of hydrogen-bond acceptors (Lipinski definition) is 4. The molecular formula is C24H31ClN4O2. The maximum absolute atomic E-state index is 12.8. The molecule has 2 amide bonds. The lowest BCUT2D eigenvalue weighted by molar-refractivity contribution is -0.131. The van der Waals surface area contributed by atoms with Gasteiger partial charge in [-0.15, -0.1) is 0 Å². The monoisotopic (exact) mass is 442 g/mol. The van der Waals surface area contributed by atoms with E-state index >= 15 is 0 Å². The van der Waals surface area contributed by atoms with Gasteiger partial charge < -0.3 is 14.7 Å². The molecule has 6 nitrogen and oxygen atoms in total. The molecule has 1 heterocycles. The number of amides is 2. The van der Waals surface area contributed by atoms with Crippen molar-refractivity contribution >= 4 is 29.1 Å². The Balaban J connectivity index is 1.51. The third kappa shape index (κ3) is 6.45. The van der Waals surface area contributed by atoms with Crippen molar-refractivity contribution < 1.29 is 9.59 Å². The number of anilines is 1. The first-order chi connectivity index (χ1) is 14.8. The number of rotatable bonds is 6. The lowest BCUT2D eigenvalue weighted by Crippen LogP contribution is -2.40. The van der Waals surface area contributed by atoms with Crippen molar-refractivity contribution in [2.24, 2.45) is 0 Å². The maximum Gasteiger partial charge on any atom is 0.253 e. The predicted octanol–water partition coefficient (Wildman–Crippen LogP) is 3.21. The summed E-state index contributed by atoms with van der Waals surface area (Å²) in [5.41, 5.74) is 2.85. The van der Waals surface area contributed by atoms with Gasteiger partial charge in [0, 0.05) is 70.1 Å². The molecule has 2 aromatic rings. The molecule has 3 rings (SSSR count). The number of carbonyl (C=O) groups excluding carboxylic acids is 2. The SMILES string of the molecule is CN(Cc1ccc(N(C)C)cc1)C(=O)CN1CCCN(C(=O)c2cccc(Cl)c2)CC1. The summed E-state index contributed by atoms with van der Waals surface area (Å²) < 4.78 is 0.